The molecule has 0 atom stereocenters. The van der Waals surface area contributed by atoms with Gasteiger partial charge in [-0.15, -0.1) is 0 Å². The molecule has 10 nitrogen and oxygen atoms in total. The van der Waals surface area contributed by atoms with Gasteiger partial charge in [-0.1, -0.05) is 12.1 Å². The summed E-state index contributed by atoms with van der Waals surface area (Å²) in [5, 5.41) is 20.9. The number of nitrogens with zero attached hydrogens (tertiary/aromatic N) is 5. The smallest absolute Gasteiger partial charge is 0.319 e. The van der Waals surface area contributed by atoms with E-state index in [1.54, 1.807) is 6.20 Å². The van der Waals surface area contributed by atoms with E-state index in [1.807, 2.05) is 36.5 Å². The zero-order valence-corrected chi connectivity index (χ0v) is 19.6. The van der Waals surface area contributed by atoms with Crippen molar-refractivity contribution in [1.29, 1.82) is 0 Å². The Morgan fingerprint density at radius 3 is 2.86 bits per heavy atom. The van der Waals surface area contributed by atoms with Crippen molar-refractivity contribution in [2.45, 2.75) is 50.5 Å². The zero-order chi connectivity index (χ0) is 24.0. The SMILES string of the molecule is NN=NC(=[NH2+])CCc1cccc(Nc2cc(Oc3cn(C4CC4)nc3C3CCOCC3)ccn2)c1. The Balaban J connectivity index is 1.29. The third-order valence-electron chi connectivity index (χ3n) is 6.27. The van der Waals surface area contributed by atoms with E-state index in [0.29, 0.717) is 30.0 Å². The van der Waals surface area contributed by atoms with Gasteiger partial charge in [0.25, 0.3) is 0 Å². The lowest BCUT2D eigenvalue weighted by atomic mass is 9.96. The van der Waals surface area contributed by atoms with Crippen LogP contribution in [0.25, 0.3) is 0 Å². The number of hydrogen-bond acceptors (Lipinski definition) is 6. The molecule has 10 heteroatoms. The highest BCUT2D eigenvalue weighted by Crippen LogP contribution is 2.40. The normalized spacial score (nSPS) is 16.5. The second-order valence-corrected chi connectivity index (χ2v) is 8.99. The zero-order valence-electron chi connectivity index (χ0n) is 19.6. The monoisotopic (exact) mass is 475 g/mol. The first-order chi connectivity index (χ1) is 17.2. The molecule has 182 valence electrons. The summed E-state index contributed by atoms with van der Waals surface area (Å²) in [6, 6.07) is 12.4. The van der Waals surface area contributed by atoms with E-state index in [1.165, 1.54) is 12.8 Å². The van der Waals surface area contributed by atoms with Crippen LogP contribution < -0.4 is 21.3 Å². The molecular weight excluding hydrogens is 444 g/mol. The first-order valence-corrected chi connectivity index (χ1v) is 12.1. The van der Waals surface area contributed by atoms with Gasteiger partial charge in [-0.2, -0.15) is 5.10 Å². The van der Waals surface area contributed by atoms with E-state index in [-0.39, 0.29) is 0 Å². The molecule has 0 bridgehead atoms. The van der Waals surface area contributed by atoms with Crippen LogP contribution in [0.1, 0.15) is 55.3 Å². The van der Waals surface area contributed by atoms with Crippen LogP contribution in [-0.4, -0.2) is 33.8 Å². The van der Waals surface area contributed by atoms with Gasteiger partial charge >= 0.3 is 5.84 Å². The molecule has 2 fully saturated rings. The van der Waals surface area contributed by atoms with E-state index < -0.39 is 0 Å². The van der Waals surface area contributed by atoms with Crippen molar-refractivity contribution in [3.63, 3.8) is 0 Å². The van der Waals surface area contributed by atoms with Gasteiger partial charge in [-0.25, -0.2) is 4.98 Å². The number of nitrogens with one attached hydrogen (secondary N) is 1. The van der Waals surface area contributed by atoms with Crippen LogP contribution in [0.3, 0.4) is 0 Å². The van der Waals surface area contributed by atoms with Gasteiger partial charge in [0.15, 0.2) is 5.75 Å². The lowest BCUT2D eigenvalue weighted by molar-refractivity contribution is -0.118. The molecule has 5 N–H and O–H groups in total. The Morgan fingerprint density at radius 2 is 2.06 bits per heavy atom. The number of ether oxygens (including phenoxy) is 2. The van der Waals surface area contributed by atoms with Crippen molar-refractivity contribution in [3.05, 3.63) is 60.0 Å². The maximum atomic E-state index is 6.36. The minimum atomic E-state index is 0.360. The predicted octanol–water partition coefficient (Wildman–Crippen LogP) is 3.46. The topological polar surface area (TPSA) is 138 Å². The molecule has 2 aliphatic rings. The molecule has 0 radical (unpaired) electrons. The van der Waals surface area contributed by atoms with E-state index in [4.69, 9.17) is 25.8 Å². The number of hydrogen-bond donors (Lipinski definition) is 3. The van der Waals surface area contributed by atoms with Crippen LogP contribution in [-0.2, 0) is 11.2 Å². The summed E-state index contributed by atoms with van der Waals surface area (Å²) < 4.78 is 14.0. The summed E-state index contributed by atoms with van der Waals surface area (Å²) in [4.78, 5) is 4.47. The lowest BCUT2D eigenvalue weighted by Crippen LogP contribution is -2.38. The van der Waals surface area contributed by atoms with Crippen molar-refractivity contribution in [1.82, 2.24) is 14.8 Å². The molecule has 1 aliphatic heterocycles. The number of amidine groups is 1. The highest BCUT2D eigenvalue weighted by atomic mass is 16.5. The highest BCUT2D eigenvalue weighted by Gasteiger charge is 2.29. The van der Waals surface area contributed by atoms with Crippen LogP contribution in [0.4, 0.5) is 11.5 Å². The quantitative estimate of drug-likeness (QED) is 0.142. The van der Waals surface area contributed by atoms with Crippen molar-refractivity contribution in [2.24, 2.45) is 16.2 Å². The van der Waals surface area contributed by atoms with Gasteiger partial charge in [0.05, 0.1) is 23.8 Å². The Hall–Kier alpha value is -3.79. The standard InChI is InChI=1S/C25H30N8O2/c26-23(30-32-27)7-4-17-2-1-3-19(14-17)29-24-15-21(8-11-28-24)35-22-16-33(20-5-6-20)31-25(22)18-9-12-34-13-10-18/h1-3,8,11,14-16,18,20H,4-7,9-10,12-13H2,(H,28,29)(H3,26,27,30)/p+1. The molecular formula is C25H31N8O2+. The second-order valence-electron chi connectivity index (χ2n) is 8.99. The van der Waals surface area contributed by atoms with Crippen LogP contribution >= 0.6 is 0 Å². The predicted molar refractivity (Wildman–Crippen MR) is 132 cm³/mol. The van der Waals surface area contributed by atoms with Gasteiger partial charge in [-0.3, -0.25) is 15.9 Å². The summed E-state index contributed by atoms with van der Waals surface area (Å²) >= 11 is 0. The summed E-state index contributed by atoms with van der Waals surface area (Å²) in [6.07, 6.45) is 9.40. The number of aryl methyl sites for hydroxylation is 1. The van der Waals surface area contributed by atoms with Gasteiger partial charge in [0, 0.05) is 42.3 Å². The lowest BCUT2D eigenvalue weighted by Gasteiger charge is -2.21. The first-order valence-electron chi connectivity index (χ1n) is 12.1. The van der Waals surface area contributed by atoms with Gasteiger partial charge in [-0.05, 0) is 55.9 Å². The number of rotatable bonds is 9. The Kier molecular flexibility index (Phi) is 6.99. The summed E-state index contributed by atoms with van der Waals surface area (Å²) in [5.41, 5.74) is 3.08. The van der Waals surface area contributed by atoms with Gasteiger partial charge in [0.2, 0.25) is 0 Å². The fourth-order valence-corrected chi connectivity index (χ4v) is 4.27. The molecule has 35 heavy (non-hydrogen) atoms. The Labute approximate surface area is 204 Å². The van der Waals surface area contributed by atoms with Crippen LogP contribution in [0, 0.1) is 0 Å². The number of anilines is 2. The van der Waals surface area contributed by atoms with Gasteiger partial charge < -0.3 is 14.8 Å². The van der Waals surface area contributed by atoms with Crippen molar-refractivity contribution in [3.8, 4) is 11.5 Å². The van der Waals surface area contributed by atoms with Crippen molar-refractivity contribution < 1.29 is 14.9 Å². The molecule has 5 rings (SSSR count). The van der Waals surface area contributed by atoms with E-state index in [0.717, 1.165) is 60.9 Å². The maximum Gasteiger partial charge on any atom is 0.319 e. The van der Waals surface area contributed by atoms with Crippen LogP contribution in [0.5, 0.6) is 11.5 Å². The molecule has 0 spiro atoms. The van der Waals surface area contributed by atoms with E-state index in [2.05, 4.69) is 31.4 Å². The number of pyridine rings is 1. The largest absolute Gasteiger partial charge is 0.454 e. The molecule has 0 unspecified atom stereocenters. The minimum Gasteiger partial charge on any atom is -0.454 e. The minimum absolute atomic E-state index is 0.360. The fraction of sp³-hybridized carbons (Fsp3) is 0.400. The van der Waals surface area contributed by atoms with Crippen molar-refractivity contribution >= 4 is 17.3 Å². The molecule has 0 amide bonds. The molecule has 1 saturated carbocycles. The summed E-state index contributed by atoms with van der Waals surface area (Å²) in [7, 11) is 0. The maximum absolute atomic E-state index is 6.36. The highest BCUT2D eigenvalue weighted by molar-refractivity contribution is 5.76. The number of aromatic nitrogens is 3. The molecule has 2 aromatic heterocycles. The molecule has 1 aliphatic carbocycles. The molecule has 1 saturated heterocycles. The average molecular weight is 476 g/mol. The van der Waals surface area contributed by atoms with E-state index >= 15 is 0 Å². The Bertz CT molecular complexity index is 1200. The summed E-state index contributed by atoms with van der Waals surface area (Å²) in [5.74, 6) is 8.06. The van der Waals surface area contributed by atoms with E-state index in [9.17, 15) is 0 Å². The fourth-order valence-electron chi connectivity index (χ4n) is 4.27. The van der Waals surface area contributed by atoms with Crippen LogP contribution in [0.15, 0.2) is 59.1 Å². The second kappa shape index (κ2) is 10.6. The molecule has 1 aromatic carbocycles. The summed E-state index contributed by atoms with van der Waals surface area (Å²) in [6.45, 7) is 1.54. The van der Waals surface area contributed by atoms with Gasteiger partial charge in [0.1, 0.15) is 17.3 Å². The van der Waals surface area contributed by atoms with Crippen molar-refractivity contribution in [2.75, 3.05) is 18.5 Å². The average Bonchev–Trinajstić information content (AvgIpc) is 3.64. The number of benzene rings is 1. The Morgan fingerprint density at radius 1 is 1.20 bits per heavy atom. The third kappa shape index (κ3) is 6.02. The number of nitrogens with two attached hydrogens (primary N) is 2. The molecule has 3 aromatic rings. The third-order valence-corrected chi connectivity index (χ3v) is 6.27. The first kappa shape index (κ1) is 23.0. The van der Waals surface area contributed by atoms with Crippen LogP contribution in [0.2, 0.25) is 0 Å². The molecule has 3 heterocycles.